The van der Waals surface area contributed by atoms with Gasteiger partial charge in [0.15, 0.2) is 0 Å². The average Bonchev–Trinajstić information content (AvgIpc) is 2.36. The molecule has 1 amide bonds. The van der Waals surface area contributed by atoms with Crippen molar-refractivity contribution >= 4 is 23.4 Å². The van der Waals surface area contributed by atoms with Crippen LogP contribution in [-0.4, -0.2) is 35.5 Å². The number of nitrogens with one attached hydrogen (secondary N) is 2. The molecule has 0 radical (unpaired) electrons. The lowest BCUT2D eigenvalue weighted by Gasteiger charge is -2.12. The summed E-state index contributed by atoms with van der Waals surface area (Å²) in [4.78, 5) is 16.0. The van der Waals surface area contributed by atoms with Crippen LogP contribution in [0.15, 0.2) is 18.5 Å². The van der Waals surface area contributed by atoms with Gasteiger partial charge in [-0.3, -0.25) is 9.78 Å². The number of amides is 1. The second-order valence-electron chi connectivity index (χ2n) is 3.71. The SMILES string of the molecule is CCNc1ccncc1C(=O)NCC(C)SC. The molecular formula is C12H19N3OS. The summed E-state index contributed by atoms with van der Waals surface area (Å²) in [6, 6.07) is 1.82. The molecule has 0 aliphatic rings. The highest BCUT2D eigenvalue weighted by Crippen LogP contribution is 2.13. The molecule has 5 heteroatoms. The monoisotopic (exact) mass is 253 g/mol. The number of pyridine rings is 1. The lowest BCUT2D eigenvalue weighted by Crippen LogP contribution is -2.30. The summed E-state index contributed by atoms with van der Waals surface area (Å²) in [6.45, 7) is 5.53. The van der Waals surface area contributed by atoms with Crippen LogP contribution in [0.2, 0.25) is 0 Å². The maximum atomic E-state index is 12.0. The predicted molar refractivity (Wildman–Crippen MR) is 73.7 cm³/mol. The number of hydrogen-bond donors (Lipinski definition) is 2. The first-order chi connectivity index (χ1) is 8.19. The molecule has 0 fully saturated rings. The summed E-state index contributed by atoms with van der Waals surface area (Å²) >= 11 is 1.73. The van der Waals surface area contributed by atoms with E-state index in [2.05, 4.69) is 22.5 Å². The lowest BCUT2D eigenvalue weighted by atomic mass is 10.2. The van der Waals surface area contributed by atoms with E-state index in [1.54, 1.807) is 24.2 Å². The number of carbonyl (C=O) groups excluding carboxylic acids is 1. The topological polar surface area (TPSA) is 54.0 Å². The second-order valence-corrected chi connectivity index (χ2v) is 4.98. The Morgan fingerprint density at radius 1 is 1.59 bits per heavy atom. The molecule has 1 rings (SSSR count). The number of anilines is 1. The highest BCUT2D eigenvalue weighted by Gasteiger charge is 2.11. The minimum absolute atomic E-state index is 0.0741. The van der Waals surface area contributed by atoms with Crippen molar-refractivity contribution in [2.24, 2.45) is 0 Å². The van der Waals surface area contributed by atoms with E-state index in [-0.39, 0.29) is 5.91 Å². The van der Waals surface area contributed by atoms with Crippen LogP contribution in [0.25, 0.3) is 0 Å². The quantitative estimate of drug-likeness (QED) is 0.814. The molecule has 1 atom stereocenters. The van der Waals surface area contributed by atoms with Crippen molar-refractivity contribution < 1.29 is 4.79 Å². The first-order valence-corrected chi connectivity index (χ1v) is 6.96. The molecule has 0 spiro atoms. The Hall–Kier alpha value is -1.23. The van der Waals surface area contributed by atoms with E-state index in [4.69, 9.17) is 0 Å². The zero-order valence-corrected chi connectivity index (χ0v) is 11.3. The maximum absolute atomic E-state index is 12.0. The molecule has 2 N–H and O–H groups in total. The van der Waals surface area contributed by atoms with Crippen molar-refractivity contribution in [3.05, 3.63) is 24.0 Å². The van der Waals surface area contributed by atoms with Crippen molar-refractivity contribution in [2.45, 2.75) is 19.1 Å². The normalized spacial score (nSPS) is 11.9. The highest BCUT2D eigenvalue weighted by atomic mass is 32.2. The molecule has 0 aromatic carbocycles. The number of carbonyl (C=O) groups is 1. The van der Waals surface area contributed by atoms with E-state index in [9.17, 15) is 4.79 Å². The molecule has 0 aliphatic carbocycles. The Bertz CT molecular complexity index is 371. The number of thioether (sulfide) groups is 1. The lowest BCUT2D eigenvalue weighted by molar-refractivity contribution is 0.0954. The van der Waals surface area contributed by atoms with Crippen molar-refractivity contribution in [3.8, 4) is 0 Å². The molecule has 1 heterocycles. The third-order valence-corrected chi connectivity index (χ3v) is 3.36. The second kappa shape index (κ2) is 7.17. The minimum atomic E-state index is -0.0741. The molecule has 1 aromatic rings. The van der Waals surface area contributed by atoms with E-state index in [0.29, 0.717) is 17.4 Å². The van der Waals surface area contributed by atoms with E-state index in [0.717, 1.165) is 12.2 Å². The number of rotatable bonds is 6. The van der Waals surface area contributed by atoms with Gasteiger partial charge in [0.05, 0.1) is 11.3 Å². The number of hydrogen-bond acceptors (Lipinski definition) is 4. The Balaban J connectivity index is 2.67. The predicted octanol–water partition coefficient (Wildman–Crippen LogP) is 1.99. The molecule has 1 unspecified atom stereocenters. The zero-order chi connectivity index (χ0) is 12.7. The summed E-state index contributed by atoms with van der Waals surface area (Å²) in [5.74, 6) is -0.0741. The van der Waals surface area contributed by atoms with Crippen molar-refractivity contribution in [3.63, 3.8) is 0 Å². The van der Waals surface area contributed by atoms with Crippen molar-refractivity contribution in [1.29, 1.82) is 0 Å². The van der Waals surface area contributed by atoms with Crippen LogP contribution in [0.5, 0.6) is 0 Å². The van der Waals surface area contributed by atoms with Crippen LogP contribution < -0.4 is 10.6 Å². The van der Waals surface area contributed by atoms with Crippen LogP contribution in [0.3, 0.4) is 0 Å². The first kappa shape index (κ1) is 13.8. The largest absolute Gasteiger partial charge is 0.385 e. The molecule has 0 bridgehead atoms. The Labute approximate surface area is 107 Å². The fourth-order valence-corrected chi connectivity index (χ4v) is 1.58. The molecule has 0 aliphatic heterocycles. The molecule has 0 saturated heterocycles. The summed E-state index contributed by atoms with van der Waals surface area (Å²) in [5.41, 5.74) is 1.43. The Kier molecular flexibility index (Phi) is 5.83. The van der Waals surface area contributed by atoms with Gasteiger partial charge in [-0.05, 0) is 19.2 Å². The van der Waals surface area contributed by atoms with Gasteiger partial charge in [-0.15, -0.1) is 0 Å². The molecule has 0 saturated carbocycles. The molecule has 17 heavy (non-hydrogen) atoms. The molecule has 94 valence electrons. The highest BCUT2D eigenvalue weighted by molar-refractivity contribution is 7.99. The minimum Gasteiger partial charge on any atom is -0.385 e. The third-order valence-electron chi connectivity index (χ3n) is 2.39. The fourth-order valence-electron chi connectivity index (χ4n) is 1.33. The van der Waals surface area contributed by atoms with E-state index < -0.39 is 0 Å². The van der Waals surface area contributed by atoms with Crippen LogP contribution >= 0.6 is 11.8 Å². The van der Waals surface area contributed by atoms with Gasteiger partial charge >= 0.3 is 0 Å². The number of aromatic nitrogens is 1. The molecule has 1 aromatic heterocycles. The van der Waals surface area contributed by atoms with Crippen molar-refractivity contribution in [1.82, 2.24) is 10.3 Å². The zero-order valence-electron chi connectivity index (χ0n) is 10.5. The average molecular weight is 253 g/mol. The first-order valence-electron chi connectivity index (χ1n) is 5.67. The van der Waals surface area contributed by atoms with Crippen LogP contribution in [0.4, 0.5) is 5.69 Å². The van der Waals surface area contributed by atoms with Gasteiger partial charge in [-0.2, -0.15) is 11.8 Å². The fraction of sp³-hybridized carbons (Fsp3) is 0.500. The van der Waals surface area contributed by atoms with Crippen molar-refractivity contribution in [2.75, 3.05) is 24.7 Å². The van der Waals surface area contributed by atoms with Crippen LogP contribution in [-0.2, 0) is 0 Å². The van der Waals surface area contributed by atoms with Gasteiger partial charge in [0, 0.05) is 30.7 Å². The summed E-state index contributed by atoms with van der Waals surface area (Å²) < 4.78 is 0. The van der Waals surface area contributed by atoms with E-state index in [1.807, 2.05) is 19.2 Å². The van der Waals surface area contributed by atoms with Gasteiger partial charge in [0.2, 0.25) is 0 Å². The Morgan fingerprint density at radius 3 is 3.00 bits per heavy atom. The Morgan fingerprint density at radius 2 is 2.35 bits per heavy atom. The maximum Gasteiger partial charge on any atom is 0.254 e. The van der Waals surface area contributed by atoms with E-state index >= 15 is 0 Å². The summed E-state index contributed by atoms with van der Waals surface area (Å²) in [7, 11) is 0. The smallest absolute Gasteiger partial charge is 0.254 e. The van der Waals surface area contributed by atoms with Gasteiger partial charge in [-0.25, -0.2) is 0 Å². The van der Waals surface area contributed by atoms with Gasteiger partial charge in [-0.1, -0.05) is 6.92 Å². The number of nitrogens with zero attached hydrogens (tertiary/aromatic N) is 1. The van der Waals surface area contributed by atoms with Gasteiger partial charge in [0.1, 0.15) is 0 Å². The summed E-state index contributed by atoms with van der Waals surface area (Å²) in [5, 5.41) is 6.48. The van der Waals surface area contributed by atoms with Crippen LogP contribution in [0.1, 0.15) is 24.2 Å². The van der Waals surface area contributed by atoms with Gasteiger partial charge < -0.3 is 10.6 Å². The van der Waals surface area contributed by atoms with E-state index in [1.165, 1.54) is 0 Å². The third kappa shape index (κ3) is 4.26. The van der Waals surface area contributed by atoms with Gasteiger partial charge in [0.25, 0.3) is 5.91 Å². The summed E-state index contributed by atoms with van der Waals surface area (Å²) in [6.07, 6.45) is 5.31. The molecular weight excluding hydrogens is 234 g/mol. The molecule has 4 nitrogen and oxygen atoms in total. The van der Waals surface area contributed by atoms with Crippen LogP contribution in [0, 0.1) is 0 Å². The standard InChI is InChI=1S/C12H19N3OS/c1-4-14-11-5-6-13-8-10(11)12(16)15-7-9(2)17-3/h5-6,8-9H,4,7H2,1-3H3,(H,13,14)(H,15,16).